The number of halogens is 1. The number of hydrogen-bond donors (Lipinski definition) is 2. The maximum absolute atomic E-state index is 12.3. The van der Waals surface area contributed by atoms with Crippen LogP contribution in [0.4, 0.5) is 4.39 Å². The first kappa shape index (κ1) is 9.87. The molecule has 0 amide bonds. The van der Waals surface area contributed by atoms with Gasteiger partial charge in [0.25, 0.3) is 0 Å². The molecular formula is C6H9FO4. The van der Waals surface area contributed by atoms with Crippen LogP contribution in [0.15, 0.2) is 0 Å². The molecule has 0 radical (unpaired) electrons. The van der Waals surface area contributed by atoms with E-state index in [2.05, 4.69) is 0 Å². The van der Waals surface area contributed by atoms with Gasteiger partial charge in [0.05, 0.1) is 5.92 Å². The quantitative estimate of drug-likeness (QED) is 0.635. The Morgan fingerprint density at radius 1 is 1.36 bits per heavy atom. The zero-order chi connectivity index (χ0) is 9.02. The average molecular weight is 164 g/mol. The first-order valence-corrected chi connectivity index (χ1v) is 3.04. The van der Waals surface area contributed by atoms with Crippen LogP contribution in [0.2, 0.25) is 0 Å². The normalized spacial score (nSPS) is 15.5. The lowest BCUT2D eigenvalue weighted by Gasteiger charge is -2.05. The SMILES string of the molecule is CC(C[C@H](F)C(=O)O)C(=O)O. The summed E-state index contributed by atoms with van der Waals surface area (Å²) in [7, 11) is 0. The number of alkyl halides is 1. The molecule has 0 spiro atoms. The lowest BCUT2D eigenvalue weighted by atomic mass is 10.1. The largest absolute Gasteiger partial charge is 0.481 e. The first-order valence-electron chi connectivity index (χ1n) is 3.04. The van der Waals surface area contributed by atoms with Gasteiger partial charge in [-0.2, -0.15) is 0 Å². The van der Waals surface area contributed by atoms with Crippen molar-refractivity contribution in [2.24, 2.45) is 5.92 Å². The molecule has 64 valence electrons. The second-order valence-corrected chi connectivity index (χ2v) is 2.28. The zero-order valence-electron chi connectivity index (χ0n) is 5.95. The minimum absolute atomic E-state index is 0.481. The van der Waals surface area contributed by atoms with Crippen LogP contribution in [-0.4, -0.2) is 28.3 Å². The predicted octanol–water partition coefficient (Wildman–Crippen LogP) is 0.520. The highest BCUT2D eigenvalue weighted by Gasteiger charge is 2.22. The van der Waals surface area contributed by atoms with E-state index in [0.29, 0.717) is 0 Å². The van der Waals surface area contributed by atoms with Gasteiger partial charge in [-0.1, -0.05) is 6.92 Å². The van der Waals surface area contributed by atoms with Crippen molar-refractivity contribution in [1.29, 1.82) is 0 Å². The second-order valence-electron chi connectivity index (χ2n) is 2.28. The van der Waals surface area contributed by atoms with Gasteiger partial charge in [-0.15, -0.1) is 0 Å². The van der Waals surface area contributed by atoms with Gasteiger partial charge >= 0.3 is 11.9 Å². The summed E-state index contributed by atoms with van der Waals surface area (Å²) in [5.74, 6) is -3.76. The molecule has 0 fully saturated rings. The molecular weight excluding hydrogens is 155 g/mol. The molecule has 0 heterocycles. The molecule has 0 aliphatic heterocycles. The zero-order valence-corrected chi connectivity index (χ0v) is 5.95. The summed E-state index contributed by atoms with van der Waals surface area (Å²) < 4.78 is 12.3. The van der Waals surface area contributed by atoms with Crippen molar-refractivity contribution < 1.29 is 24.2 Å². The molecule has 0 aromatic rings. The Morgan fingerprint density at radius 2 is 1.82 bits per heavy atom. The summed E-state index contributed by atoms with van der Waals surface area (Å²) in [6.07, 6.45) is -2.56. The molecule has 0 rings (SSSR count). The molecule has 0 aliphatic rings. The Hall–Kier alpha value is -1.13. The van der Waals surface area contributed by atoms with E-state index in [4.69, 9.17) is 10.2 Å². The number of hydrogen-bond acceptors (Lipinski definition) is 2. The van der Waals surface area contributed by atoms with Crippen LogP contribution in [0.3, 0.4) is 0 Å². The van der Waals surface area contributed by atoms with Gasteiger partial charge in [0, 0.05) is 6.42 Å². The summed E-state index contributed by atoms with van der Waals surface area (Å²) in [4.78, 5) is 20.0. The van der Waals surface area contributed by atoms with Gasteiger partial charge in [0.2, 0.25) is 0 Å². The molecule has 1 unspecified atom stereocenters. The number of carboxylic acids is 2. The van der Waals surface area contributed by atoms with E-state index < -0.39 is 30.4 Å². The van der Waals surface area contributed by atoms with Crippen molar-refractivity contribution >= 4 is 11.9 Å². The molecule has 4 nitrogen and oxygen atoms in total. The van der Waals surface area contributed by atoms with Crippen LogP contribution in [0.1, 0.15) is 13.3 Å². The van der Waals surface area contributed by atoms with Crippen LogP contribution >= 0.6 is 0 Å². The summed E-state index contributed by atoms with van der Waals surface area (Å²) in [5.41, 5.74) is 0. The smallest absolute Gasteiger partial charge is 0.338 e. The topological polar surface area (TPSA) is 74.6 Å². The number of carboxylic acid groups (broad SMARTS) is 2. The van der Waals surface area contributed by atoms with E-state index in [1.54, 1.807) is 0 Å². The predicted molar refractivity (Wildman–Crippen MR) is 33.9 cm³/mol. The number of carbonyl (C=O) groups is 2. The minimum atomic E-state index is -2.08. The molecule has 0 bridgehead atoms. The lowest BCUT2D eigenvalue weighted by Crippen LogP contribution is -2.21. The van der Waals surface area contributed by atoms with Crippen LogP contribution in [0.5, 0.6) is 0 Å². The minimum Gasteiger partial charge on any atom is -0.481 e. The van der Waals surface area contributed by atoms with E-state index in [1.165, 1.54) is 6.92 Å². The van der Waals surface area contributed by atoms with E-state index in [9.17, 15) is 14.0 Å². The maximum atomic E-state index is 12.3. The van der Waals surface area contributed by atoms with Crippen molar-refractivity contribution in [2.75, 3.05) is 0 Å². The van der Waals surface area contributed by atoms with E-state index in [1.807, 2.05) is 0 Å². The summed E-state index contributed by atoms with van der Waals surface area (Å²) in [6.45, 7) is 1.26. The Bertz CT molecular complexity index is 150. The van der Waals surface area contributed by atoms with Gasteiger partial charge in [-0.05, 0) is 0 Å². The second kappa shape index (κ2) is 3.90. The van der Waals surface area contributed by atoms with Crippen molar-refractivity contribution in [1.82, 2.24) is 0 Å². The molecule has 5 heteroatoms. The van der Waals surface area contributed by atoms with Crippen molar-refractivity contribution in [2.45, 2.75) is 19.5 Å². The highest BCUT2D eigenvalue weighted by Crippen LogP contribution is 2.08. The molecule has 2 atom stereocenters. The van der Waals surface area contributed by atoms with Crippen molar-refractivity contribution in [3.63, 3.8) is 0 Å². The lowest BCUT2D eigenvalue weighted by molar-refractivity contribution is -0.146. The van der Waals surface area contributed by atoms with Crippen LogP contribution in [0.25, 0.3) is 0 Å². The van der Waals surface area contributed by atoms with E-state index >= 15 is 0 Å². The summed E-state index contributed by atoms with van der Waals surface area (Å²) >= 11 is 0. The first-order chi connectivity index (χ1) is 4.95. The fraction of sp³-hybridized carbons (Fsp3) is 0.667. The highest BCUT2D eigenvalue weighted by atomic mass is 19.1. The van der Waals surface area contributed by atoms with Gasteiger partial charge in [0.1, 0.15) is 0 Å². The fourth-order valence-corrected chi connectivity index (χ4v) is 0.512. The Balaban J connectivity index is 3.84. The van der Waals surface area contributed by atoms with E-state index in [-0.39, 0.29) is 0 Å². The molecule has 2 N–H and O–H groups in total. The third-order valence-corrected chi connectivity index (χ3v) is 1.25. The van der Waals surface area contributed by atoms with E-state index in [0.717, 1.165) is 0 Å². The third kappa shape index (κ3) is 3.54. The number of aliphatic carboxylic acids is 2. The monoisotopic (exact) mass is 164 g/mol. The summed E-state index contributed by atoms with van der Waals surface area (Å²) in [6, 6.07) is 0. The molecule has 0 aliphatic carbocycles. The van der Waals surface area contributed by atoms with Gasteiger partial charge < -0.3 is 10.2 Å². The summed E-state index contributed by atoms with van der Waals surface area (Å²) in [5, 5.41) is 16.3. The van der Waals surface area contributed by atoms with Gasteiger partial charge in [0.15, 0.2) is 6.17 Å². The molecule has 0 aromatic carbocycles. The molecule has 0 aromatic heterocycles. The van der Waals surface area contributed by atoms with Crippen molar-refractivity contribution in [3.8, 4) is 0 Å². The van der Waals surface area contributed by atoms with Crippen LogP contribution < -0.4 is 0 Å². The maximum Gasteiger partial charge on any atom is 0.338 e. The highest BCUT2D eigenvalue weighted by molar-refractivity contribution is 5.74. The van der Waals surface area contributed by atoms with Crippen molar-refractivity contribution in [3.05, 3.63) is 0 Å². The Kier molecular flexibility index (Phi) is 3.50. The van der Waals surface area contributed by atoms with Crippen LogP contribution in [0, 0.1) is 5.92 Å². The standard InChI is InChI=1S/C6H9FO4/c1-3(5(8)9)2-4(7)6(10)11/h3-4H,2H2,1H3,(H,8,9)(H,10,11)/t3?,4-/m0/s1. The fourth-order valence-electron chi connectivity index (χ4n) is 0.512. The van der Waals surface area contributed by atoms with Crippen LogP contribution in [-0.2, 0) is 9.59 Å². The average Bonchev–Trinajstić information content (AvgIpc) is 1.87. The molecule has 0 saturated carbocycles. The third-order valence-electron chi connectivity index (χ3n) is 1.25. The Labute approximate surface area is 62.6 Å². The Morgan fingerprint density at radius 3 is 2.09 bits per heavy atom. The molecule has 11 heavy (non-hydrogen) atoms. The number of rotatable bonds is 4. The molecule has 0 saturated heterocycles. The van der Waals surface area contributed by atoms with Gasteiger partial charge in [-0.25, -0.2) is 9.18 Å². The van der Waals surface area contributed by atoms with Gasteiger partial charge in [-0.3, -0.25) is 4.79 Å².